The molecule has 0 aliphatic carbocycles. The molecular weight excluding hydrogens is 280 g/mol. The number of carbonyl (C=O) groups is 1. The molecule has 1 fully saturated rings. The summed E-state index contributed by atoms with van der Waals surface area (Å²) in [5.41, 5.74) is 2.83. The fourth-order valence-electron chi connectivity index (χ4n) is 2.69. The van der Waals surface area contributed by atoms with Crippen molar-refractivity contribution in [1.82, 2.24) is 19.6 Å². The fourth-order valence-corrected chi connectivity index (χ4v) is 2.69. The van der Waals surface area contributed by atoms with Crippen molar-refractivity contribution < 1.29 is 9.53 Å². The number of aryl methyl sites for hydroxylation is 1. The topological polar surface area (TPSA) is 58.9 Å². The zero-order valence-electron chi connectivity index (χ0n) is 12.9. The van der Waals surface area contributed by atoms with Crippen LogP contribution >= 0.6 is 0 Å². The molecule has 118 valence electrons. The van der Waals surface area contributed by atoms with Crippen LogP contribution in [0.25, 0.3) is 5.65 Å². The van der Waals surface area contributed by atoms with Gasteiger partial charge in [-0.25, -0.2) is 4.98 Å². The molecule has 6 heteroatoms. The van der Waals surface area contributed by atoms with Gasteiger partial charge in [0.2, 0.25) is 5.91 Å². The van der Waals surface area contributed by atoms with Crippen LogP contribution in [0.3, 0.4) is 0 Å². The lowest BCUT2D eigenvalue weighted by Gasteiger charge is -2.26. The molecule has 2 aromatic heterocycles. The van der Waals surface area contributed by atoms with Gasteiger partial charge in [0.1, 0.15) is 5.65 Å². The highest BCUT2D eigenvalue weighted by Crippen LogP contribution is 2.10. The van der Waals surface area contributed by atoms with Crippen LogP contribution in [0.2, 0.25) is 0 Å². The first kappa shape index (κ1) is 15.0. The number of pyridine rings is 1. The maximum atomic E-state index is 12.0. The highest BCUT2D eigenvalue weighted by molar-refractivity contribution is 5.78. The van der Waals surface area contributed by atoms with Crippen molar-refractivity contribution in [2.24, 2.45) is 0 Å². The number of nitrogens with zero attached hydrogens (tertiary/aromatic N) is 3. The minimum atomic E-state index is 0.0225. The lowest BCUT2D eigenvalue weighted by molar-refractivity contribution is -0.120. The number of carbonyl (C=O) groups excluding carboxylic acids is 1. The largest absolute Gasteiger partial charge is 0.379 e. The van der Waals surface area contributed by atoms with Gasteiger partial charge in [-0.15, -0.1) is 0 Å². The van der Waals surface area contributed by atoms with Gasteiger partial charge in [-0.1, -0.05) is 6.07 Å². The van der Waals surface area contributed by atoms with Crippen LogP contribution in [0.5, 0.6) is 0 Å². The highest BCUT2D eigenvalue weighted by Gasteiger charge is 2.11. The van der Waals surface area contributed by atoms with E-state index in [1.54, 1.807) is 0 Å². The number of aromatic nitrogens is 2. The van der Waals surface area contributed by atoms with Crippen LogP contribution < -0.4 is 5.32 Å². The number of rotatable bonds is 5. The number of nitrogens with one attached hydrogen (secondary N) is 1. The first-order chi connectivity index (χ1) is 10.7. The molecule has 0 bridgehead atoms. The molecule has 1 N–H and O–H groups in total. The molecule has 1 aliphatic rings. The van der Waals surface area contributed by atoms with Crippen LogP contribution in [0.15, 0.2) is 24.5 Å². The lowest BCUT2D eigenvalue weighted by Crippen LogP contribution is -2.41. The highest BCUT2D eigenvalue weighted by atomic mass is 16.5. The molecule has 0 saturated carbocycles. The third-order valence-corrected chi connectivity index (χ3v) is 3.92. The second-order valence-corrected chi connectivity index (χ2v) is 5.64. The van der Waals surface area contributed by atoms with E-state index in [2.05, 4.69) is 15.2 Å². The molecule has 0 aromatic carbocycles. The number of fused-ring (bicyclic) bond motifs is 1. The zero-order chi connectivity index (χ0) is 15.4. The Kier molecular flexibility index (Phi) is 4.70. The predicted molar refractivity (Wildman–Crippen MR) is 83.9 cm³/mol. The molecule has 0 unspecified atom stereocenters. The molecule has 22 heavy (non-hydrogen) atoms. The van der Waals surface area contributed by atoms with Crippen LogP contribution in [0, 0.1) is 6.92 Å². The first-order valence-corrected chi connectivity index (χ1v) is 7.72. The van der Waals surface area contributed by atoms with Gasteiger partial charge in [-0.2, -0.15) is 0 Å². The minimum absolute atomic E-state index is 0.0225. The molecule has 6 nitrogen and oxygen atoms in total. The Hall–Kier alpha value is -1.92. The summed E-state index contributed by atoms with van der Waals surface area (Å²) in [6, 6.07) is 4.00. The Morgan fingerprint density at radius 1 is 1.41 bits per heavy atom. The van der Waals surface area contributed by atoms with E-state index in [4.69, 9.17) is 4.74 Å². The van der Waals surface area contributed by atoms with Gasteiger partial charge in [-0.3, -0.25) is 9.69 Å². The third kappa shape index (κ3) is 3.64. The average Bonchev–Trinajstić information content (AvgIpc) is 2.92. The summed E-state index contributed by atoms with van der Waals surface area (Å²) in [6.45, 7) is 7.03. The predicted octanol–water partition coefficient (Wildman–Crippen LogP) is 0.634. The average molecular weight is 302 g/mol. The summed E-state index contributed by atoms with van der Waals surface area (Å²) in [5.74, 6) is 0.0225. The Morgan fingerprint density at radius 3 is 3.00 bits per heavy atom. The van der Waals surface area contributed by atoms with Gasteiger partial charge in [-0.05, 0) is 18.6 Å². The number of hydrogen-bond acceptors (Lipinski definition) is 4. The second-order valence-electron chi connectivity index (χ2n) is 5.64. The summed E-state index contributed by atoms with van der Waals surface area (Å²) in [5, 5.41) is 2.97. The molecular formula is C16H22N4O2. The van der Waals surface area contributed by atoms with Crippen LogP contribution in [-0.4, -0.2) is 59.6 Å². The Morgan fingerprint density at radius 2 is 2.23 bits per heavy atom. The fraction of sp³-hybridized carbons (Fsp3) is 0.500. The third-order valence-electron chi connectivity index (χ3n) is 3.92. The van der Waals surface area contributed by atoms with Gasteiger partial charge >= 0.3 is 0 Å². The second kappa shape index (κ2) is 6.89. The van der Waals surface area contributed by atoms with E-state index in [1.807, 2.05) is 35.9 Å². The van der Waals surface area contributed by atoms with Crippen molar-refractivity contribution in [2.75, 3.05) is 39.4 Å². The zero-order valence-corrected chi connectivity index (χ0v) is 12.9. The van der Waals surface area contributed by atoms with E-state index in [1.165, 1.54) is 0 Å². The molecule has 3 rings (SSSR count). The number of morpholine rings is 1. The molecule has 2 aromatic rings. The summed E-state index contributed by atoms with van der Waals surface area (Å²) >= 11 is 0. The molecule has 1 aliphatic heterocycles. The Labute approximate surface area is 130 Å². The van der Waals surface area contributed by atoms with E-state index in [0.717, 1.165) is 49.8 Å². The van der Waals surface area contributed by atoms with Crippen molar-refractivity contribution >= 4 is 11.6 Å². The minimum Gasteiger partial charge on any atom is -0.379 e. The summed E-state index contributed by atoms with van der Waals surface area (Å²) in [6.07, 6.45) is 4.20. The molecule has 3 heterocycles. The smallest absolute Gasteiger partial charge is 0.226 e. The molecule has 1 amide bonds. The van der Waals surface area contributed by atoms with E-state index in [-0.39, 0.29) is 5.91 Å². The SMILES string of the molecule is Cc1cccn2cc(CC(=O)NCCN3CCOCC3)nc12. The normalized spacial score (nSPS) is 16.0. The van der Waals surface area contributed by atoms with E-state index >= 15 is 0 Å². The van der Waals surface area contributed by atoms with Gasteiger partial charge in [0.15, 0.2) is 0 Å². The summed E-state index contributed by atoms with van der Waals surface area (Å²) in [7, 11) is 0. The van der Waals surface area contributed by atoms with Gasteiger partial charge < -0.3 is 14.5 Å². The molecule has 0 spiro atoms. The lowest BCUT2D eigenvalue weighted by atomic mass is 10.3. The van der Waals surface area contributed by atoms with Crippen molar-refractivity contribution in [2.45, 2.75) is 13.3 Å². The van der Waals surface area contributed by atoms with Crippen LogP contribution in [-0.2, 0) is 16.0 Å². The number of ether oxygens (including phenoxy) is 1. The van der Waals surface area contributed by atoms with Crippen LogP contribution in [0.4, 0.5) is 0 Å². The molecule has 0 radical (unpaired) electrons. The standard InChI is InChI=1S/C16H22N4O2/c1-13-3-2-5-20-12-14(18-16(13)20)11-15(21)17-4-6-19-7-9-22-10-8-19/h2-3,5,12H,4,6-11H2,1H3,(H,17,21). The maximum Gasteiger partial charge on any atom is 0.226 e. The van der Waals surface area contributed by atoms with Crippen molar-refractivity contribution in [3.63, 3.8) is 0 Å². The number of hydrogen-bond donors (Lipinski definition) is 1. The number of imidazole rings is 1. The molecule has 1 saturated heterocycles. The van der Waals surface area contributed by atoms with E-state index in [0.29, 0.717) is 13.0 Å². The van der Waals surface area contributed by atoms with Crippen LogP contribution in [0.1, 0.15) is 11.3 Å². The Balaban J connectivity index is 1.49. The molecule has 0 atom stereocenters. The number of amides is 1. The van der Waals surface area contributed by atoms with Crippen molar-refractivity contribution in [1.29, 1.82) is 0 Å². The summed E-state index contributed by atoms with van der Waals surface area (Å²) in [4.78, 5) is 18.8. The summed E-state index contributed by atoms with van der Waals surface area (Å²) < 4.78 is 7.27. The van der Waals surface area contributed by atoms with E-state index < -0.39 is 0 Å². The van der Waals surface area contributed by atoms with E-state index in [9.17, 15) is 4.79 Å². The van der Waals surface area contributed by atoms with Crippen molar-refractivity contribution in [3.05, 3.63) is 35.8 Å². The maximum absolute atomic E-state index is 12.0. The Bertz CT molecular complexity index is 647. The van der Waals surface area contributed by atoms with Gasteiger partial charge in [0, 0.05) is 38.6 Å². The van der Waals surface area contributed by atoms with Crippen molar-refractivity contribution in [3.8, 4) is 0 Å². The van der Waals surface area contributed by atoms with Gasteiger partial charge in [0.25, 0.3) is 0 Å². The first-order valence-electron chi connectivity index (χ1n) is 7.72. The van der Waals surface area contributed by atoms with Gasteiger partial charge in [0.05, 0.1) is 25.3 Å². The monoisotopic (exact) mass is 302 g/mol. The quantitative estimate of drug-likeness (QED) is 0.880.